The van der Waals surface area contributed by atoms with Crippen molar-refractivity contribution in [2.75, 3.05) is 19.7 Å². The van der Waals surface area contributed by atoms with Gasteiger partial charge >= 0.3 is 0 Å². The normalized spacial score (nSPS) is 25.3. The molecule has 1 rings (SSSR count). The summed E-state index contributed by atoms with van der Waals surface area (Å²) in [5.41, 5.74) is 0. The number of hydrogen-bond acceptors (Lipinski definition) is 2. The van der Waals surface area contributed by atoms with Crippen LogP contribution in [0.3, 0.4) is 0 Å². The summed E-state index contributed by atoms with van der Waals surface area (Å²) in [5, 5.41) is 0. The fraction of sp³-hybridized carbons (Fsp3) is 0.875. The van der Waals surface area contributed by atoms with Gasteiger partial charge in [-0.2, -0.15) is 0 Å². The van der Waals surface area contributed by atoms with Crippen LogP contribution in [-0.4, -0.2) is 36.6 Å². The Hall–Kier alpha value is -0.570. The average molecular weight is 157 g/mol. The maximum Gasteiger partial charge on any atom is 0.219 e. The molecule has 0 bridgehead atoms. The number of morpholine rings is 1. The number of ether oxygens (including phenoxy) is 1. The highest BCUT2D eigenvalue weighted by Crippen LogP contribution is 2.07. The van der Waals surface area contributed by atoms with Crippen LogP contribution in [0.2, 0.25) is 0 Å². The molecule has 64 valence electrons. The summed E-state index contributed by atoms with van der Waals surface area (Å²) in [6.45, 7) is 5.90. The fourth-order valence-corrected chi connectivity index (χ4v) is 1.25. The van der Waals surface area contributed by atoms with Crippen molar-refractivity contribution >= 4 is 5.91 Å². The molecule has 0 aromatic rings. The summed E-state index contributed by atoms with van der Waals surface area (Å²) in [7, 11) is 0. The zero-order valence-electron chi connectivity index (χ0n) is 7.17. The van der Waals surface area contributed by atoms with E-state index < -0.39 is 0 Å². The maximum absolute atomic E-state index is 10.9. The molecule has 0 saturated carbocycles. The van der Waals surface area contributed by atoms with E-state index >= 15 is 0 Å². The third-order valence-corrected chi connectivity index (χ3v) is 2.04. The topological polar surface area (TPSA) is 29.5 Å². The molecule has 0 aromatic heterocycles. The minimum absolute atomic E-state index is 0.159. The molecule has 1 heterocycles. The van der Waals surface area contributed by atoms with Gasteiger partial charge in [0.1, 0.15) is 0 Å². The van der Waals surface area contributed by atoms with Crippen LogP contribution in [0, 0.1) is 0 Å². The van der Waals surface area contributed by atoms with E-state index in [9.17, 15) is 4.79 Å². The van der Waals surface area contributed by atoms with Gasteiger partial charge in [-0.25, -0.2) is 0 Å². The molecule has 0 spiro atoms. The van der Waals surface area contributed by atoms with Crippen LogP contribution in [0.5, 0.6) is 0 Å². The van der Waals surface area contributed by atoms with Gasteiger partial charge in [0.2, 0.25) is 5.91 Å². The van der Waals surface area contributed by atoms with Crippen LogP contribution in [0.1, 0.15) is 20.3 Å². The highest BCUT2D eigenvalue weighted by atomic mass is 16.5. The van der Waals surface area contributed by atoms with E-state index in [2.05, 4.69) is 6.92 Å². The van der Waals surface area contributed by atoms with Crippen molar-refractivity contribution in [1.82, 2.24) is 4.90 Å². The van der Waals surface area contributed by atoms with Crippen molar-refractivity contribution in [1.29, 1.82) is 0 Å². The predicted octanol–water partition coefficient (Wildman–Crippen LogP) is 0.644. The molecular weight excluding hydrogens is 142 g/mol. The molecule has 1 aliphatic rings. The molecule has 3 heteroatoms. The highest BCUT2D eigenvalue weighted by molar-refractivity contribution is 5.73. The summed E-state index contributed by atoms with van der Waals surface area (Å²) < 4.78 is 5.41. The van der Waals surface area contributed by atoms with Crippen molar-refractivity contribution in [2.24, 2.45) is 0 Å². The number of carbonyl (C=O) groups excluding carboxylic acids is 1. The Bertz CT molecular complexity index is 147. The summed E-state index contributed by atoms with van der Waals surface area (Å²) >= 11 is 0. The zero-order valence-corrected chi connectivity index (χ0v) is 7.17. The van der Waals surface area contributed by atoms with E-state index in [-0.39, 0.29) is 12.0 Å². The molecule has 0 aromatic carbocycles. The van der Waals surface area contributed by atoms with E-state index in [0.29, 0.717) is 6.61 Å². The van der Waals surface area contributed by atoms with Crippen LogP contribution in [0.25, 0.3) is 0 Å². The summed E-state index contributed by atoms with van der Waals surface area (Å²) in [4.78, 5) is 12.8. The lowest BCUT2D eigenvalue weighted by atomic mass is 10.2. The van der Waals surface area contributed by atoms with Crippen LogP contribution in [0.15, 0.2) is 0 Å². The summed E-state index contributed by atoms with van der Waals surface area (Å²) in [6, 6.07) is 0. The minimum atomic E-state index is 0.159. The molecule has 1 saturated heterocycles. The van der Waals surface area contributed by atoms with Crippen molar-refractivity contribution in [3.63, 3.8) is 0 Å². The lowest BCUT2D eigenvalue weighted by molar-refractivity contribution is -0.136. The summed E-state index contributed by atoms with van der Waals surface area (Å²) in [5.74, 6) is 0.159. The van der Waals surface area contributed by atoms with E-state index in [1.54, 1.807) is 6.92 Å². The molecule has 0 radical (unpaired) electrons. The molecule has 0 aliphatic carbocycles. The van der Waals surface area contributed by atoms with Gasteiger partial charge in [-0.15, -0.1) is 0 Å². The molecule has 1 fully saturated rings. The summed E-state index contributed by atoms with van der Waals surface area (Å²) in [6.07, 6.45) is 1.25. The predicted molar refractivity (Wildman–Crippen MR) is 42.3 cm³/mol. The number of hydrogen-bond donors (Lipinski definition) is 0. The Balaban J connectivity index is 2.39. The molecule has 1 amide bonds. The molecule has 11 heavy (non-hydrogen) atoms. The smallest absolute Gasteiger partial charge is 0.219 e. The Morgan fingerprint density at radius 3 is 3.00 bits per heavy atom. The van der Waals surface area contributed by atoms with Gasteiger partial charge in [-0.3, -0.25) is 4.79 Å². The lowest BCUT2D eigenvalue weighted by Crippen LogP contribution is -2.44. The first kappa shape index (κ1) is 8.53. The number of rotatable bonds is 1. The largest absolute Gasteiger partial charge is 0.375 e. The Kier molecular flexibility index (Phi) is 2.88. The van der Waals surface area contributed by atoms with Crippen LogP contribution >= 0.6 is 0 Å². The second kappa shape index (κ2) is 3.72. The van der Waals surface area contributed by atoms with Crippen molar-refractivity contribution < 1.29 is 9.53 Å². The van der Waals surface area contributed by atoms with Crippen LogP contribution in [-0.2, 0) is 9.53 Å². The van der Waals surface area contributed by atoms with E-state index in [0.717, 1.165) is 19.5 Å². The third-order valence-electron chi connectivity index (χ3n) is 2.04. The highest BCUT2D eigenvalue weighted by Gasteiger charge is 2.19. The van der Waals surface area contributed by atoms with E-state index in [1.165, 1.54) is 0 Å². The fourth-order valence-electron chi connectivity index (χ4n) is 1.25. The van der Waals surface area contributed by atoms with Crippen LogP contribution in [0.4, 0.5) is 0 Å². The van der Waals surface area contributed by atoms with E-state index in [1.807, 2.05) is 4.90 Å². The van der Waals surface area contributed by atoms with Gasteiger partial charge in [0, 0.05) is 20.0 Å². The first-order chi connectivity index (χ1) is 5.24. The Morgan fingerprint density at radius 2 is 2.45 bits per heavy atom. The molecule has 1 unspecified atom stereocenters. The number of nitrogens with zero attached hydrogens (tertiary/aromatic N) is 1. The van der Waals surface area contributed by atoms with Crippen molar-refractivity contribution in [2.45, 2.75) is 26.4 Å². The zero-order chi connectivity index (χ0) is 8.27. The third kappa shape index (κ3) is 2.19. The first-order valence-corrected chi connectivity index (χ1v) is 4.11. The van der Waals surface area contributed by atoms with Gasteiger partial charge in [0.15, 0.2) is 0 Å². The molecule has 0 N–H and O–H groups in total. The van der Waals surface area contributed by atoms with Gasteiger partial charge < -0.3 is 9.64 Å². The average Bonchev–Trinajstić information content (AvgIpc) is 2.05. The second-order valence-electron chi connectivity index (χ2n) is 2.87. The SMILES string of the molecule is CCC1CN(C(C)=O)CCO1. The Labute approximate surface area is 67.3 Å². The van der Waals surface area contributed by atoms with Gasteiger partial charge in [-0.05, 0) is 6.42 Å². The van der Waals surface area contributed by atoms with Gasteiger partial charge in [0.25, 0.3) is 0 Å². The number of carbonyl (C=O) groups is 1. The Morgan fingerprint density at radius 1 is 1.73 bits per heavy atom. The molecule has 3 nitrogen and oxygen atoms in total. The first-order valence-electron chi connectivity index (χ1n) is 4.11. The van der Waals surface area contributed by atoms with Gasteiger partial charge in [-0.1, -0.05) is 6.92 Å². The molecular formula is C8H15NO2. The monoisotopic (exact) mass is 157 g/mol. The van der Waals surface area contributed by atoms with Gasteiger partial charge in [0.05, 0.1) is 12.7 Å². The maximum atomic E-state index is 10.9. The number of amides is 1. The quantitative estimate of drug-likeness (QED) is 0.559. The molecule has 1 atom stereocenters. The van der Waals surface area contributed by atoms with Crippen molar-refractivity contribution in [3.05, 3.63) is 0 Å². The molecule has 1 aliphatic heterocycles. The lowest BCUT2D eigenvalue weighted by Gasteiger charge is -2.31. The standard InChI is InChI=1S/C8H15NO2/c1-3-8-6-9(7(2)10)4-5-11-8/h8H,3-6H2,1-2H3. The van der Waals surface area contributed by atoms with E-state index in [4.69, 9.17) is 4.74 Å². The van der Waals surface area contributed by atoms with Crippen molar-refractivity contribution in [3.8, 4) is 0 Å². The minimum Gasteiger partial charge on any atom is -0.375 e. The second-order valence-corrected chi connectivity index (χ2v) is 2.87. The van der Waals surface area contributed by atoms with Crippen LogP contribution < -0.4 is 0 Å².